The fourth-order valence-corrected chi connectivity index (χ4v) is 2.25. The van der Waals surface area contributed by atoms with Crippen molar-refractivity contribution >= 4 is 31.3 Å². The fraction of sp³-hybridized carbons (Fsp3) is 0.455. The van der Waals surface area contributed by atoms with E-state index in [1.165, 1.54) is 12.2 Å². The summed E-state index contributed by atoms with van der Waals surface area (Å²) in [5.74, 6) is 0. The zero-order valence-electron chi connectivity index (χ0n) is 9.84. The van der Waals surface area contributed by atoms with Crippen LogP contribution in [0.4, 0.5) is 0 Å². The highest BCUT2D eigenvalue weighted by Crippen LogP contribution is 2.24. The van der Waals surface area contributed by atoms with Crippen LogP contribution in [0.3, 0.4) is 0 Å². The Balaban J connectivity index is 5.37. The van der Waals surface area contributed by atoms with E-state index in [1.807, 2.05) is 13.8 Å². The molecule has 0 unspecified atom stereocenters. The SMILES string of the molecule is CC=C(C=C(C)C(Cl)=C(C)CC)S(=O)(=O)Cl. The average molecular weight is 283 g/mol. The molecule has 0 atom stereocenters. The van der Waals surface area contributed by atoms with E-state index in [-0.39, 0.29) is 4.91 Å². The molecule has 0 aromatic rings. The molecule has 2 nitrogen and oxygen atoms in total. The van der Waals surface area contributed by atoms with Crippen molar-refractivity contribution in [1.82, 2.24) is 0 Å². The summed E-state index contributed by atoms with van der Waals surface area (Å²) in [7, 11) is 1.56. The first-order valence-electron chi connectivity index (χ1n) is 4.88. The maximum Gasteiger partial charge on any atom is 0.260 e. The Hall–Kier alpha value is -0.250. The molecule has 0 spiro atoms. The molecule has 16 heavy (non-hydrogen) atoms. The molecule has 0 saturated heterocycles. The lowest BCUT2D eigenvalue weighted by Crippen LogP contribution is -1.93. The maximum atomic E-state index is 11.2. The lowest BCUT2D eigenvalue weighted by molar-refractivity contribution is 0.615. The summed E-state index contributed by atoms with van der Waals surface area (Å²) in [6.45, 7) is 7.26. The minimum absolute atomic E-state index is 0.0636. The van der Waals surface area contributed by atoms with Crippen LogP contribution in [0, 0.1) is 0 Å². The summed E-state index contributed by atoms with van der Waals surface area (Å²) in [6, 6.07) is 0. The molecule has 0 fully saturated rings. The lowest BCUT2D eigenvalue weighted by atomic mass is 10.1. The van der Waals surface area contributed by atoms with Gasteiger partial charge in [-0.2, -0.15) is 0 Å². The van der Waals surface area contributed by atoms with E-state index >= 15 is 0 Å². The molecule has 0 aliphatic rings. The van der Waals surface area contributed by atoms with Crippen LogP contribution in [0.2, 0.25) is 0 Å². The number of hydrogen-bond acceptors (Lipinski definition) is 2. The average Bonchev–Trinajstić information content (AvgIpc) is 2.21. The van der Waals surface area contributed by atoms with Gasteiger partial charge < -0.3 is 0 Å². The smallest absolute Gasteiger partial charge is 0.207 e. The van der Waals surface area contributed by atoms with E-state index in [4.69, 9.17) is 22.3 Å². The van der Waals surface area contributed by atoms with Crippen molar-refractivity contribution in [3.63, 3.8) is 0 Å². The number of rotatable bonds is 4. The predicted molar refractivity (Wildman–Crippen MR) is 71.1 cm³/mol. The summed E-state index contributed by atoms with van der Waals surface area (Å²) in [4.78, 5) is 0.0636. The van der Waals surface area contributed by atoms with Crippen LogP contribution in [0.1, 0.15) is 34.1 Å². The van der Waals surface area contributed by atoms with E-state index in [2.05, 4.69) is 0 Å². The highest BCUT2D eigenvalue weighted by Gasteiger charge is 2.11. The van der Waals surface area contributed by atoms with Crippen LogP contribution < -0.4 is 0 Å². The molecule has 0 rings (SSSR count). The van der Waals surface area contributed by atoms with Gasteiger partial charge in [0.15, 0.2) is 0 Å². The zero-order chi connectivity index (χ0) is 12.9. The van der Waals surface area contributed by atoms with Crippen LogP contribution >= 0.6 is 22.3 Å². The second-order valence-corrected chi connectivity index (χ2v) is 6.35. The van der Waals surface area contributed by atoms with Crippen molar-refractivity contribution in [2.75, 3.05) is 0 Å². The monoisotopic (exact) mass is 282 g/mol. The molecule has 0 N–H and O–H groups in total. The van der Waals surface area contributed by atoms with Gasteiger partial charge in [0.1, 0.15) is 0 Å². The third-order valence-electron chi connectivity index (χ3n) is 2.18. The summed E-state index contributed by atoms with van der Waals surface area (Å²) in [5, 5.41) is 0.585. The van der Waals surface area contributed by atoms with Crippen molar-refractivity contribution in [2.45, 2.75) is 34.1 Å². The molecule has 0 aliphatic heterocycles. The Labute approximate surface area is 107 Å². The molecule has 0 radical (unpaired) electrons. The Kier molecular flexibility index (Phi) is 6.38. The summed E-state index contributed by atoms with van der Waals surface area (Å²) < 4.78 is 22.3. The van der Waals surface area contributed by atoms with Gasteiger partial charge in [0.2, 0.25) is 0 Å². The molecular formula is C11H16Cl2O2S. The molecule has 0 aliphatic carbocycles. The van der Waals surface area contributed by atoms with Gasteiger partial charge in [-0.1, -0.05) is 30.2 Å². The second-order valence-electron chi connectivity index (χ2n) is 3.40. The highest BCUT2D eigenvalue weighted by atomic mass is 35.7. The second kappa shape index (κ2) is 6.48. The van der Waals surface area contributed by atoms with Crippen LogP contribution in [0.5, 0.6) is 0 Å². The third-order valence-corrected chi connectivity index (χ3v) is 4.25. The summed E-state index contributed by atoms with van der Waals surface area (Å²) in [5.41, 5.74) is 1.70. The van der Waals surface area contributed by atoms with Crippen molar-refractivity contribution in [2.24, 2.45) is 0 Å². The quantitative estimate of drug-likeness (QED) is 0.568. The Morgan fingerprint density at radius 3 is 2.12 bits per heavy atom. The maximum absolute atomic E-state index is 11.2. The van der Waals surface area contributed by atoms with Gasteiger partial charge in [-0.05, 0) is 38.8 Å². The van der Waals surface area contributed by atoms with Crippen molar-refractivity contribution < 1.29 is 8.42 Å². The molecule has 92 valence electrons. The normalized spacial score (nSPS) is 16.1. The van der Waals surface area contributed by atoms with E-state index in [0.717, 1.165) is 12.0 Å². The van der Waals surface area contributed by atoms with Gasteiger partial charge in [-0.3, -0.25) is 0 Å². The van der Waals surface area contributed by atoms with Crippen LogP contribution in [0.25, 0.3) is 0 Å². The molecule has 0 aromatic carbocycles. The minimum Gasteiger partial charge on any atom is -0.207 e. The van der Waals surface area contributed by atoms with Gasteiger partial charge in [0.25, 0.3) is 9.05 Å². The summed E-state index contributed by atoms with van der Waals surface area (Å²) >= 11 is 6.08. The first-order valence-corrected chi connectivity index (χ1v) is 7.57. The largest absolute Gasteiger partial charge is 0.260 e. The molecule has 5 heteroatoms. The van der Waals surface area contributed by atoms with Crippen LogP contribution in [-0.2, 0) is 9.05 Å². The number of allylic oxidation sites excluding steroid dienone is 5. The Morgan fingerprint density at radius 1 is 1.31 bits per heavy atom. The van der Waals surface area contributed by atoms with Crippen molar-refractivity contribution in [3.05, 3.63) is 33.2 Å². The highest BCUT2D eigenvalue weighted by molar-refractivity contribution is 8.17. The first-order chi connectivity index (χ1) is 7.23. The van der Waals surface area contributed by atoms with E-state index in [1.54, 1.807) is 13.8 Å². The number of hydrogen-bond donors (Lipinski definition) is 0. The first kappa shape index (κ1) is 15.8. The Morgan fingerprint density at radius 2 is 1.81 bits per heavy atom. The lowest BCUT2D eigenvalue weighted by Gasteiger charge is -2.05. The zero-order valence-corrected chi connectivity index (χ0v) is 12.2. The topological polar surface area (TPSA) is 34.1 Å². The van der Waals surface area contributed by atoms with Gasteiger partial charge in [-0.25, -0.2) is 8.42 Å². The van der Waals surface area contributed by atoms with Gasteiger partial charge in [-0.15, -0.1) is 0 Å². The van der Waals surface area contributed by atoms with Crippen molar-refractivity contribution in [3.8, 4) is 0 Å². The van der Waals surface area contributed by atoms with Crippen LogP contribution in [-0.4, -0.2) is 8.42 Å². The summed E-state index contributed by atoms with van der Waals surface area (Å²) in [6.07, 6.45) is 3.74. The van der Waals surface area contributed by atoms with E-state index in [9.17, 15) is 8.42 Å². The van der Waals surface area contributed by atoms with Gasteiger partial charge in [0, 0.05) is 15.7 Å². The molecule has 0 bridgehead atoms. The fourth-order valence-electron chi connectivity index (χ4n) is 1.06. The molecule has 0 heterocycles. The standard InChI is InChI=1S/C11H16Cl2O2S/c1-5-8(3)11(12)9(4)7-10(6-2)16(13,14)15/h6-7H,5H2,1-4H3. The van der Waals surface area contributed by atoms with Crippen LogP contribution in [0.15, 0.2) is 33.2 Å². The molecule has 0 saturated carbocycles. The number of halogens is 2. The molecule has 0 amide bonds. The van der Waals surface area contributed by atoms with E-state index in [0.29, 0.717) is 10.6 Å². The third kappa shape index (κ3) is 4.73. The molecular weight excluding hydrogens is 267 g/mol. The minimum atomic E-state index is -3.70. The Bertz CT molecular complexity index is 443. The molecule has 0 aromatic heterocycles. The van der Waals surface area contributed by atoms with Crippen molar-refractivity contribution in [1.29, 1.82) is 0 Å². The van der Waals surface area contributed by atoms with E-state index < -0.39 is 9.05 Å². The predicted octanol–water partition coefficient (Wildman–Crippen LogP) is 4.33. The van der Waals surface area contributed by atoms with Gasteiger partial charge >= 0.3 is 0 Å². The van der Waals surface area contributed by atoms with Gasteiger partial charge in [0.05, 0.1) is 4.91 Å².